The van der Waals surface area contributed by atoms with E-state index in [4.69, 9.17) is 4.98 Å². The van der Waals surface area contributed by atoms with Crippen molar-refractivity contribution in [2.75, 3.05) is 24.3 Å². The molecule has 2 aromatic carbocycles. The molecule has 15 heteroatoms. The van der Waals surface area contributed by atoms with Crippen LogP contribution in [0, 0.1) is 13.8 Å². The summed E-state index contributed by atoms with van der Waals surface area (Å²) in [4.78, 5) is 28.7. The van der Waals surface area contributed by atoms with Gasteiger partial charge < -0.3 is 10.2 Å². The van der Waals surface area contributed by atoms with Crippen molar-refractivity contribution >= 4 is 77.5 Å². The summed E-state index contributed by atoms with van der Waals surface area (Å²) in [7, 11) is 3.80. The zero-order valence-corrected chi connectivity index (χ0v) is 34.4. The van der Waals surface area contributed by atoms with Gasteiger partial charge in [-0.15, -0.1) is 10.2 Å². The van der Waals surface area contributed by atoms with E-state index in [0.717, 1.165) is 88.7 Å². The minimum Gasteiger partial charge on any atom is -0.373 e. The molecular weight excluding hydrogens is 804 g/mol. The summed E-state index contributed by atoms with van der Waals surface area (Å²) in [5.74, 6) is 2.44. The molecule has 0 unspecified atom stereocenters. The van der Waals surface area contributed by atoms with Gasteiger partial charge in [-0.3, -0.25) is 9.97 Å². The van der Waals surface area contributed by atoms with Crippen molar-refractivity contribution in [1.29, 1.82) is 0 Å². The van der Waals surface area contributed by atoms with Gasteiger partial charge in [0.2, 0.25) is 0 Å². The van der Waals surface area contributed by atoms with Gasteiger partial charge in [0.1, 0.15) is 33.1 Å². The van der Waals surface area contributed by atoms with Crippen molar-refractivity contribution in [3.8, 4) is 0 Å². The molecule has 0 radical (unpaired) electrons. The Morgan fingerprint density at radius 1 is 0.559 bits per heavy atom. The number of halogens is 1. The monoisotopic (exact) mass is 842 g/mol. The van der Waals surface area contributed by atoms with Crippen LogP contribution >= 0.6 is 15.9 Å². The number of pyridine rings is 6. The van der Waals surface area contributed by atoms with E-state index in [-0.39, 0.29) is 0 Å². The van der Waals surface area contributed by atoms with Gasteiger partial charge in [0, 0.05) is 48.6 Å². The predicted molar refractivity (Wildman–Crippen MR) is 236 cm³/mol. The van der Waals surface area contributed by atoms with E-state index in [2.05, 4.69) is 103 Å². The van der Waals surface area contributed by atoms with Crippen molar-refractivity contribution < 1.29 is 0 Å². The third-order valence-corrected chi connectivity index (χ3v) is 9.82. The summed E-state index contributed by atoms with van der Waals surface area (Å²) in [5.41, 5.74) is 9.32. The highest BCUT2D eigenvalue weighted by Crippen LogP contribution is 2.23. The Morgan fingerprint density at radius 3 is 1.66 bits per heavy atom. The van der Waals surface area contributed by atoms with E-state index in [1.807, 2.05) is 127 Å². The van der Waals surface area contributed by atoms with Gasteiger partial charge in [0.05, 0.1) is 24.1 Å². The number of aromatic nitrogens is 12. The first-order valence-corrected chi connectivity index (χ1v) is 19.6. The molecule has 0 atom stereocenters. The molecule has 59 heavy (non-hydrogen) atoms. The van der Waals surface area contributed by atoms with Crippen LogP contribution in [0.5, 0.6) is 0 Å². The first-order chi connectivity index (χ1) is 28.8. The van der Waals surface area contributed by atoms with Crippen LogP contribution in [-0.2, 0) is 13.1 Å². The number of aryl methyl sites for hydroxylation is 2. The quantitative estimate of drug-likeness (QED) is 0.153. The number of rotatable bonds is 7. The highest BCUT2D eigenvalue weighted by atomic mass is 79.9. The number of nitrogens with zero attached hydrogens (tertiary/aromatic N) is 13. The zero-order chi connectivity index (χ0) is 40.7. The molecule has 8 heterocycles. The van der Waals surface area contributed by atoms with Gasteiger partial charge in [-0.1, -0.05) is 46.8 Å². The smallest absolute Gasteiger partial charge is 0.180 e. The van der Waals surface area contributed by atoms with Gasteiger partial charge in [-0.2, -0.15) is 0 Å². The summed E-state index contributed by atoms with van der Waals surface area (Å²) in [5, 5.41) is 22.2. The molecule has 0 amide bonds. The van der Waals surface area contributed by atoms with E-state index in [9.17, 15) is 0 Å². The molecule has 0 saturated heterocycles. The van der Waals surface area contributed by atoms with Crippen LogP contribution in [0.4, 0.5) is 17.5 Å². The van der Waals surface area contributed by atoms with Crippen LogP contribution in [-0.4, -0.2) is 74.0 Å². The van der Waals surface area contributed by atoms with Crippen molar-refractivity contribution in [2.45, 2.75) is 26.9 Å². The molecule has 10 aromatic rings. The first kappa shape index (κ1) is 38.6. The Bertz CT molecular complexity index is 3020. The SMILES string of the molecule is CNc1ccc2nnn(Cc3ccc4ncccc4c3)c2n1.Cc1cccc(Br)n1.Cc1cccc(N(C)c2ccc3nnn(Cc4ccc5ncccc5c4)c3n2)n1. The molecule has 14 nitrogen and oxygen atoms in total. The molecule has 0 spiro atoms. The summed E-state index contributed by atoms with van der Waals surface area (Å²) < 4.78 is 4.54. The Kier molecular flexibility index (Phi) is 11.4. The average Bonchev–Trinajstić information content (AvgIpc) is 3.86. The lowest BCUT2D eigenvalue weighted by Crippen LogP contribution is -2.13. The van der Waals surface area contributed by atoms with Crippen LogP contribution in [0.2, 0.25) is 0 Å². The third kappa shape index (κ3) is 9.16. The Hall–Kier alpha value is -7.26. The van der Waals surface area contributed by atoms with Gasteiger partial charge in [-0.25, -0.2) is 29.3 Å². The van der Waals surface area contributed by atoms with E-state index in [1.54, 1.807) is 12.4 Å². The molecule has 0 fully saturated rings. The number of anilines is 3. The number of nitrogens with one attached hydrogen (secondary N) is 1. The fraction of sp³-hybridized carbons (Fsp3) is 0.136. The van der Waals surface area contributed by atoms with E-state index in [0.29, 0.717) is 13.1 Å². The largest absolute Gasteiger partial charge is 0.373 e. The lowest BCUT2D eigenvalue weighted by atomic mass is 10.1. The summed E-state index contributed by atoms with van der Waals surface area (Å²) in [6.07, 6.45) is 3.61. The second-order valence-corrected chi connectivity index (χ2v) is 14.5. The molecular formula is C44H39BrN14. The molecule has 0 saturated carbocycles. The van der Waals surface area contributed by atoms with Crippen molar-refractivity contribution in [1.82, 2.24) is 59.9 Å². The summed E-state index contributed by atoms with van der Waals surface area (Å²) in [6.45, 7) is 5.16. The minimum atomic E-state index is 0.587. The number of fused-ring (bicyclic) bond motifs is 4. The van der Waals surface area contributed by atoms with Crippen molar-refractivity contribution in [3.63, 3.8) is 0 Å². The Balaban J connectivity index is 0.000000142. The minimum absolute atomic E-state index is 0.587. The second kappa shape index (κ2) is 17.5. The molecule has 0 aliphatic heterocycles. The van der Waals surface area contributed by atoms with Gasteiger partial charge in [0.15, 0.2) is 11.3 Å². The third-order valence-electron chi connectivity index (χ3n) is 9.38. The summed E-state index contributed by atoms with van der Waals surface area (Å²) in [6, 6.07) is 39.9. The number of hydrogen-bond donors (Lipinski definition) is 1. The standard InChI is InChI=1S/C22H19N7.C16H14N6.C6H6BrN/c1-15-5-3-7-20(24-15)28(2)21-11-10-19-22(25-21)29(27-26-19)14-16-8-9-18-17(13-16)6-4-12-23-18;1-17-15-7-6-14-16(19-15)22(21-20-14)10-11-4-5-13-12(9-11)3-2-8-18-13;1-5-3-2-4-6(7)8-5/h3-13H,14H2,1-2H3;2-9H,10H2,1H3,(H,17,19);2-4H,1H3. The lowest BCUT2D eigenvalue weighted by Gasteiger charge is -2.17. The van der Waals surface area contributed by atoms with Crippen molar-refractivity contribution in [3.05, 3.63) is 161 Å². The molecule has 292 valence electrons. The van der Waals surface area contributed by atoms with Crippen LogP contribution < -0.4 is 10.2 Å². The van der Waals surface area contributed by atoms with E-state index in [1.165, 1.54) is 0 Å². The number of benzene rings is 2. The second-order valence-electron chi connectivity index (χ2n) is 13.7. The maximum Gasteiger partial charge on any atom is 0.180 e. The Labute approximate surface area is 348 Å². The molecule has 10 rings (SSSR count). The van der Waals surface area contributed by atoms with Crippen LogP contribution in [0.25, 0.3) is 44.1 Å². The van der Waals surface area contributed by atoms with Crippen LogP contribution in [0.1, 0.15) is 22.5 Å². The molecule has 0 aliphatic carbocycles. The highest BCUT2D eigenvalue weighted by Gasteiger charge is 2.13. The topological polar surface area (TPSA) is 154 Å². The lowest BCUT2D eigenvalue weighted by molar-refractivity contribution is 0.664. The van der Waals surface area contributed by atoms with Gasteiger partial charge in [-0.05, 0) is 126 Å². The summed E-state index contributed by atoms with van der Waals surface area (Å²) >= 11 is 3.25. The van der Waals surface area contributed by atoms with E-state index < -0.39 is 0 Å². The maximum atomic E-state index is 4.81. The highest BCUT2D eigenvalue weighted by molar-refractivity contribution is 9.10. The van der Waals surface area contributed by atoms with Crippen LogP contribution in [0.3, 0.4) is 0 Å². The Morgan fingerprint density at radius 2 is 1.10 bits per heavy atom. The van der Waals surface area contributed by atoms with Crippen LogP contribution in [0.15, 0.2) is 138 Å². The van der Waals surface area contributed by atoms with Gasteiger partial charge in [0.25, 0.3) is 0 Å². The molecule has 1 N–H and O–H groups in total. The maximum absolute atomic E-state index is 4.81. The molecule has 0 aliphatic rings. The fourth-order valence-corrected chi connectivity index (χ4v) is 6.80. The van der Waals surface area contributed by atoms with E-state index >= 15 is 0 Å². The fourth-order valence-electron chi connectivity index (χ4n) is 6.37. The molecule has 8 aromatic heterocycles. The van der Waals surface area contributed by atoms with Gasteiger partial charge >= 0.3 is 0 Å². The zero-order valence-electron chi connectivity index (χ0n) is 32.8. The first-order valence-electron chi connectivity index (χ1n) is 18.8. The normalized spacial score (nSPS) is 10.9. The number of hydrogen-bond acceptors (Lipinski definition) is 12. The van der Waals surface area contributed by atoms with Crippen molar-refractivity contribution in [2.24, 2.45) is 0 Å². The predicted octanol–water partition coefficient (Wildman–Crippen LogP) is 8.51. The average molecular weight is 844 g/mol. The molecule has 0 bridgehead atoms.